The summed E-state index contributed by atoms with van der Waals surface area (Å²) in [5.41, 5.74) is 2.88. The Kier molecular flexibility index (Phi) is 42.7. The molecule has 101 heavy (non-hydrogen) atoms. The molecule has 0 aromatic heterocycles. The van der Waals surface area contributed by atoms with Crippen molar-refractivity contribution in [2.24, 2.45) is 5.92 Å². The molecule has 3 atom stereocenters. The summed E-state index contributed by atoms with van der Waals surface area (Å²) in [6.45, 7) is 31.5. The Balaban J connectivity index is 0.000000199. The van der Waals surface area contributed by atoms with Gasteiger partial charge in [0.05, 0.1) is 44.1 Å². The average molecular weight is 1460 g/mol. The summed E-state index contributed by atoms with van der Waals surface area (Å²) < 4.78 is 35.5. The Hall–Kier alpha value is -5.92. The van der Waals surface area contributed by atoms with E-state index < -0.39 is 4.92 Å². The van der Waals surface area contributed by atoms with Gasteiger partial charge in [-0.15, -0.1) is 0 Å². The molecule has 0 saturated carbocycles. The molecule has 5 fully saturated rings. The Morgan fingerprint density at radius 2 is 0.901 bits per heavy atom. The first-order valence-electron chi connectivity index (χ1n) is 39.1. The van der Waals surface area contributed by atoms with Crippen molar-refractivity contribution in [2.45, 2.75) is 214 Å². The zero-order valence-electron chi connectivity index (χ0n) is 62.8. The summed E-state index contributed by atoms with van der Waals surface area (Å²) in [5, 5.41) is 14.1. The number of nitrogens with zero attached hydrogens (tertiary/aromatic N) is 5. The van der Waals surface area contributed by atoms with Crippen molar-refractivity contribution in [1.82, 2.24) is 24.9 Å². The number of likely N-dealkylation sites (tertiary alicyclic amines) is 4. The van der Waals surface area contributed by atoms with E-state index in [0.29, 0.717) is 25.2 Å². The fourth-order valence-electron chi connectivity index (χ4n) is 13.4. The lowest BCUT2D eigenvalue weighted by atomic mass is 9.99. The molecule has 560 valence electrons. The minimum absolute atomic E-state index is 0.0978. The first-order chi connectivity index (χ1) is 49.3. The SMILES string of the molecule is Brc1ccc(OCCCN2CCCCC2)cc1.CCC(=O)c1ccc(OCCCN2CCC(C)CC2)cc1.CCC(=O)c1ccc(OCCCN2CCCCC2C)cc1.CCOC(CC)c1ccc(OCCCCC2CCCCN2)cc1.O=[N+]([O-])c1ccc(OCCCN2CCCCC2)cc1. The number of unbranched alkanes of at least 4 members (excludes halogenated alkanes) is 1. The van der Waals surface area contributed by atoms with E-state index in [1.807, 2.05) is 93.6 Å². The van der Waals surface area contributed by atoms with Crippen LogP contribution < -0.4 is 29.0 Å². The number of carbonyl (C=O) groups is 2. The van der Waals surface area contributed by atoms with E-state index in [2.05, 4.69) is 85.9 Å². The summed E-state index contributed by atoms with van der Waals surface area (Å²) in [4.78, 5) is 43.3. The molecule has 5 aromatic rings. The van der Waals surface area contributed by atoms with E-state index in [1.54, 1.807) is 12.1 Å². The van der Waals surface area contributed by atoms with Crippen molar-refractivity contribution in [3.8, 4) is 28.7 Å². The van der Waals surface area contributed by atoms with Crippen LogP contribution in [0.25, 0.3) is 0 Å². The van der Waals surface area contributed by atoms with E-state index in [0.717, 1.165) is 148 Å². The highest BCUT2D eigenvalue weighted by atomic mass is 79.9. The van der Waals surface area contributed by atoms with Gasteiger partial charge in [0, 0.05) is 85.4 Å². The third kappa shape index (κ3) is 35.4. The molecular formula is C84H127BrN6O10. The van der Waals surface area contributed by atoms with E-state index in [1.165, 1.54) is 179 Å². The summed E-state index contributed by atoms with van der Waals surface area (Å²) in [5.74, 6) is 5.60. The van der Waals surface area contributed by atoms with Gasteiger partial charge in [0.25, 0.3) is 5.69 Å². The number of non-ortho nitro benzene ring substituents is 1. The molecule has 5 aliphatic rings. The molecule has 5 aliphatic heterocycles. The number of nitro groups is 1. The van der Waals surface area contributed by atoms with Crippen molar-refractivity contribution in [1.29, 1.82) is 0 Å². The number of nitro benzene ring substituents is 1. The number of benzene rings is 5. The molecule has 5 saturated heterocycles. The van der Waals surface area contributed by atoms with Gasteiger partial charge in [-0.3, -0.25) is 19.7 Å². The maximum absolute atomic E-state index is 11.5. The molecule has 0 bridgehead atoms. The minimum atomic E-state index is -0.403. The van der Waals surface area contributed by atoms with Crippen LogP contribution in [0.15, 0.2) is 126 Å². The predicted molar refractivity (Wildman–Crippen MR) is 416 cm³/mol. The lowest BCUT2D eigenvalue weighted by Gasteiger charge is -2.33. The standard InChI is InChI=1S/C20H33NO2.2C18H27NO2.C14H20BrNO.C14H20N2O3/c1-3-20(22-4-2)17-11-13-19(14-12-17)23-16-8-6-10-18-9-5-7-15-21-18;1-3-18(20)16-5-7-17(8-6-16)21-14-4-11-19-12-9-15(2)10-13-19;1-3-18(20)16-8-10-17(11-9-16)21-14-6-13-19-12-5-4-7-15(19)2;15-13-5-7-14(8-6-13)17-12-4-11-16-9-2-1-3-10-16;17-16(18)13-5-7-14(8-6-13)19-12-4-11-15-9-2-1-3-10-15/h11-14,18,20-21H,3-10,15-16H2,1-2H3;5-8,15H,3-4,9-14H2,1-2H3;8-11,15H,3-7,12-14H2,1-2H3;5-8H,1-4,9-12H2;5-8H,1-4,9-12H2. The number of hydrogen-bond donors (Lipinski definition) is 1. The van der Waals surface area contributed by atoms with Crippen LogP contribution in [-0.4, -0.2) is 166 Å². The largest absolute Gasteiger partial charge is 0.494 e. The van der Waals surface area contributed by atoms with E-state index in [-0.39, 0.29) is 23.4 Å². The fraction of sp³-hybridized carbons (Fsp3) is 0.619. The van der Waals surface area contributed by atoms with Crippen LogP contribution in [0.5, 0.6) is 28.7 Å². The van der Waals surface area contributed by atoms with E-state index in [9.17, 15) is 19.7 Å². The quantitative estimate of drug-likeness (QED) is 0.0177. The monoisotopic (exact) mass is 1460 g/mol. The fourth-order valence-corrected chi connectivity index (χ4v) is 13.7. The number of ether oxygens (including phenoxy) is 6. The molecule has 0 radical (unpaired) electrons. The number of nitrogens with one attached hydrogen (secondary N) is 1. The number of carbonyl (C=O) groups excluding carboxylic acids is 2. The second kappa shape index (κ2) is 51.3. The molecule has 0 amide bonds. The number of halogens is 1. The third-order valence-electron chi connectivity index (χ3n) is 19.7. The van der Waals surface area contributed by atoms with Crippen LogP contribution in [-0.2, 0) is 4.74 Å². The van der Waals surface area contributed by atoms with Crippen LogP contribution in [0.4, 0.5) is 5.69 Å². The van der Waals surface area contributed by atoms with Crippen molar-refractivity contribution in [3.63, 3.8) is 0 Å². The van der Waals surface area contributed by atoms with Crippen LogP contribution in [0.3, 0.4) is 0 Å². The smallest absolute Gasteiger partial charge is 0.269 e. The van der Waals surface area contributed by atoms with Crippen molar-refractivity contribution in [2.75, 3.05) is 118 Å². The normalized spacial score (nSPS) is 17.9. The highest BCUT2D eigenvalue weighted by molar-refractivity contribution is 9.10. The lowest BCUT2D eigenvalue weighted by Crippen LogP contribution is -2.38. The van der Waals surface area contributed by atoms with Gasteiger partial charge in [-0.25, -0.2) is 0 Å². The Labute approximate surface area is 616 Å². The number of Topliss-reactive ketones (excluding diaryl/α,β-unsaturated/α-hetero) is 2. The van der Waals surface area contributed by atoms with Gasteiger partial charge in [-0.05, 0) is 290 Å². The second-order valence-corrected chi connectivity index (χ2v) is 28.7. The molecule has 16 nitrogen and oxygen atoms in total. The molecule has 3 unspecified atom stereocenters. The number of rotatable bonds is 35. The molecule has 1 N–H and O–H groups in total. The zero-order chi connectivity index (χ0) is 71.9. The Morgan fingerprint density at radius 3 is 1.33 bits per heavy atom. The van der Waals surface area contributed by atoms with Gasteiger partial charge in [-0.2, -0.15) is 0 Å². The first kappa shape index (κ1) is 84.0. The van der Waals surface area contributed by atoms with Gasteiger partial charge < -0.3 is 53.3 Å². The first-order valence-corrected chi connectivity index (χ1v) is 39.9. The molecule has 5 heterocycles. The van der Waals surface area contributed by atoms with Gasteiger partial charge in [0.1, 0.15) is 28.7 Å². The highest BCUT2D eigenvalue weighted by Crippen LogP contribution is 2.26. The van der Waals surface area contributed by atoms with Gasteiger partial charge in [0.2, 0.25) is 0 Å². The Morgan fingerprint density at radius 1 is 0.485 bits per heavy atom. The van der Waals surface area contributed by atoms with Gasteiger partial charge >= 0.3 is 0 Å². The zero-order valence-corrected chi connectivity index (χ0v) is 64.3. The van der Waals surface area contributed by atoms with Crippen LogP contribution in [0.2, 0.25) is 0 Å². The second-order valence-electron chi connectivity index (χ2n) is 27.7. The summed E-state index contributed by atoms with van der Waals surface area (Å²) in [6, 6.07) is 39.1. The molecule has 17 heteroatoms. The van der Waals surface area contributed by atoms with Crippen molar-refractivity contribution < 1.29 is 42.9 Å². The topological polar surface area (TPSA) is 158 Å². The molecule has 5 aromatic carbocycles. The summed E-state index contributed by atoms with van der Waals surface area (Å²) in [6.07, 6.45) is 29.1. The van der Waals surface area contributed by atoms with Crippen molar-refractivity contribution >= 4 is 33.2 Å². The van der Waals surface area contributed by atoms with Gasteiger partial charge in [0.15, 0.2) is 11.6 Å². The molecular weight excluding hydrogens is 1330 g/mol. The minimum Gasteiger partial charge on any atom is -0.494 e. The summed E-state index contributed by atoms with van der Waals surface area (Å²) >= 11 is 3.42. The number of hydrogen-bond acceptors (Lipinski definition) is 15. The maximum atomic E-state index is 11.5. The van der Waals surface area contributed by atoms with Crippen LogP contribution >= 0.6 is 15.9 Å². The van der Waals surface area contributed by atoms with E-state index >= 15 is 0 Å². The molecule has 0 aliphatic carbocycles. The van der Waals surface area contributed by atoms with E-state index in [4.69, 9.17) is 28.4 Å². The molecule has 10 rings (SSSR count). The Bertz CT molecular complexity index is 2930. The summed E-state index contributed by atoms with van der Waals surface area (Å²) in [7, 11) is 0. The number of piperidine rings is 5. The number of ketones is 2. The average Bonchev–Trinajstić information content (AvgIpc) is 2.13. The highest BCUT2D eigenvalue weighted by Gasteiger charge is 2.19. The lowest BCUT2D eigenvalue weighted by molar-refractivity contribution is -0.384. The maximum Gasteiger partial charge on any atom is 0.269 e. The van der Waals surface area contributed by atoms with Gasteiger partial charge in [-0.1, -0.05) is 81.4 Å². The van der Waals surface area contributed by atoms with Crippen LogP contribution in [0.1, 0.15) is 228 Å². The van der Waals surface area contributed by atoms with Crippen molar-refractivity contribution in [3.05, 3.63) is 153 Å². The predicted octanol–water partition coefficient (Wildman–Crippen LogP) is 19.1. The van der Waals surface area contributed by atoms with Crippen LogP contribution in [0, 0.1) is 16.0 Å². The molecule has 0 spiro atoms. The third-order valence-corrected chi connectivity index (χ3v) is 20.2.